The lowest BCUT2D eigenvalue weighted by molar-refractivity contribution is 0.433. The fourth-order valence-electron chi connectivity index (χ4n) is 3.54. The fourth-order valence-corrected chi connectivity index (χ4v) is 3.54. The van der Waals surface area contributed by atoms with Crippen LogP contribution in [0.4, 0.5) is 0 Å². The minimum Gasteiger partial charge on any atom is -0.354 e. The SMILES string of the molecule is CCC(C)n1cc(-c2cnc(C)c(-c3cc(-c4ccc(CNC)cc4)no3)n2)ccc1=O. The normalized spacial score (nSPS) is 12.1. The van der Waals surface area contributed by atoms with E-state index in [1.54, 1.807) is 22.9 Å². The van der Waals surface area contributed by atoms with Crippen LogP contribution in [0.15, 0.2) is 64.2 Å². The first-order valence-electron chi connectivity index (χ1n) is 10.8. The highest BCUT2D eigenvalue weighted by Crippen LogP contribution is 2.28. The number of hydrogen-bond donors (Lipinski definition) is 1. The number of nitrogens with zero attached hydrogens (tertiary/aromatic N) is 4. The standard InChI is InChI=1S/C25H27N5O2/c1-5-16(2)30-15-20(10-11-24(30)31)22-14-27-17(3)25(28-22)23-12-21(29-32-23)19-8-6-18(7-9-19)13-26-4/h6-12,14-16,26H,5,13H2,1-4H3. The molecule has 7 nitrogen and oxygen atoms in total. The summed E-state index contributed by atoms with van der Waals surface area (Å²) in [5.41, 5.74) is 5.79. The molecule has 1 unspecified atom stereocenters. The maximum Gasteiger partial charge on any atom is 0.250 e. The molecule has 1 atom stereocenters. The van der Waals surface area contributed by atoms with Crippen LogP contribution in [-0.4, -0.2) is 26.7 Å². The van der Waals surface area contributed by atoms with E-state index in [4.69, 9.17) is 9.51 Å². The van der Waals surface area contributed by atoms with Crippen molar-refractivity contribution in [3.63, 3.8) is 0 Å². The second-order valence-corrected chi connectivity index (χ2v) is 7.91. The van der Waals surface area contributed by atoms with Crippen molar-refractivity contribution >= 4 is 0 Å². The zero-order chi connectivity index (χ0) is 22.7. The molecule has 3 heterocycles. The Morgan fingerprint density at radius 2 is 1.84 bits per heavy atom. The molecule has 0 aliphatic rings. The average Bonchev–Trinajstić information content (AvgIpc) is 3.30. The van der Waals surface area contributed by atoms with Gasteiger partial charge in [-0.2, -0.15) is 0 Å². The smallest absolute Gasteiger partial charge is 0.250 e. The number of aromatic nitrogens is 4. The zero-order valence-corrected chi connectivity index (χ0v) is 18.8. The third-order valence-electron chi connectivity index (χ3n) is 5.63. The summed E-state index contributed by atoms with van der Waals surface area (Å²) in [7, 11) is 1.92. The lowest BCUT2D eigenvalue weighted by Gasteiger charge is -2.14. The second kappa shape index (κ2) is 9.28. The Morgan fingerprint density at radius 1 is 1.09 bits per heavy atom. The molecule has 0 fully saturated rings. The van der Waals surface area contributed by atoms with E-state index in [0.29, 0.717) is 17.1 Å². The summed E-state index contributed by atoms with van der Waals surface area (Å²) in [6.45, 7) is 6.79. The lowest BCUT2D eigenvalue weighted by Crippen LogP contribution is -2.21. The van der Waals surface area contributed by atoms with Gasteiger partial charge in [0.05, 0.1) is 17.6 Å². The van der Waals surface area contributed by atoms with Gasteiger partial charge in [-0.15, -0.1) is 0 Å². The van der Waals surface area contributed by atoms with Crippen molar-refractivity contribution in [3.8, 4) is 34.0 Å². The van der Waals surface area contributed by atoms with Gasteiger partial charge in [-0.3, -0.25) is 9.78 Å². The van der Waals surface area contributed by atoms with E-state index in [1.165, 1.54) is 5.56 Å². The van der Waals surface area contributed by atoms with Crippen LogP contribution >= 0.6 is 0 Å². The number of pyridine rings is 1. The molecule has 32 heavy (non-hydrogen) atoms. The predicted molar refractivity (Wildman–Crippen MR) is 125 cm³/mol. The second-order valence-electron chi connectivity index (χ2n) is 7.91. The third kappa shape index (κ3) is 4.38. The Morgan fingerprint density at radius 3 is 2.56 bits per heavy atom. The van der Waals surface area contributed by atoms with Gasteiger partial charge in [-0.05, 0) is 38.9 Å². The van der Waals surface area contributed by atoms with Gasteiger partial charge in [0.25, 0.3) is 5.56 Å². The van der Waals surface area contributed by atoms with Crippen LogP contribution in [0.25, 0.3) is 34.0 Å². The Bertz CT molecular complexity index is 1270. The largest absolute Gasteiger partial charge is 0.354 e. The molecule has 0 aliphatic heterocycles. The number of hydrogen-bond acceptors (Lipinski definition) is 6. The average molecular weight is 430 g/mol. The van der Waals surface area contributed by atoms with Crippen molar-refractivity contribution < 1.29 is 4.52 Å². The highest BCUT2D eigenvalue weighted by atomic mass is 16.5. The molecular weight excluding hydrogens is 402 g/mol. The van der Waals surface area contributed by atoms with Gasteiger partial charge < -0.3 is 14.4 Å². The fraction of sp³-hybridized carbons (Fsp3) is 0.280. The van der Waals surface area contributed by atoms with Crippen molar-refractivity contribution in [1.82, 2.24) is 25.0 Å². The quantitative estimate of drug-likeness (QED) is 0.461. The Labute approximate surface area is 187 Å². The monoisotopic (exact) mass is 429 g/mol. The number of benzene rings is 1. The first-order valence-corrected chi connectivity index (χ1v) is 10.8. The van der Waals surface area contributed by atoms with E-state index in [9.17, 15) is 4.79 Å². The third-order valence-corrected chi connectivity index (χ3v) is 5.63. The highest BCUT2D eigenvalue weighted by Gasteiger charge is 2.15. The summed E-state index contributed by atoms with van der Waals surface area (Å²) in [5.74, 6) is 0.557. The molecule has 0 saturated heterocycles. The van der Waals surface area contributed by atoms with Gasteiger partial charge in [0.2, 0.25) is 0 Å². The lowest BCUT2D eigenvalue weighted by atomic mass is 10.1. The summed E-state index contributed by atoms with van der Waals surface area (Å²) >= 11 is 0. The molecule has 0 spiro atoms. The predicted octanol–water partition coefficient (Wildman–Crippen LogP) is 4.63. The van der Waals surface area contributed by atoms with Crippen LogP contribution in [0.2, 0.25) is 0 Å². The zero-order valence-electron chi connectivity index (χ0n) is 18.8. The number of aryl methyl sites for hydroxylation is 1. The van der Waals surface area contributed by atoms with Crippen LogP contribution in [0.3, 0.4) is 0 Å². The van der Waals surface area contributed by atoms with Gasteiger partial charge in [0, 0.05) is 42.0 Å². The summed E-state index contributed by atoms with van der Waals surface area (Å²) < 4.78 is 7.37. The summed E-state index contributed by atoms with van der Waals surface area (Å²) in [5, 5.41) is 7.38. The Balaban J connectivity index is 1.68. The van der Waals surface area contributed by atoms with E-state index in [1.807, 2.05) is 45.3 Å². The van der Waals surface area contributed by atoms with Gasteiger partial charge in [-0.1, -0.05) is 36.3 Å². The van der Waals surface area contributed by atoms with Crippen LogP contribution in [0.1, 0.15) is 37.6 Å². The van der Waals surface area contributed by atoms with Gasteiger partial charge >= 0.3 is 0 Å². The van der Waals surface area contributed by atoms with E-state index >= 15 is 0 Å². The number of nitrogens with one attached hydrogen (secondary N) is 1. The van der Waals surface area contributed by atoms with Crippen LogP contribution in [0, 0.1) is 6.92 Å². The van der Waals surface area contributed by atoms with E-state index in [2.05, 4.69) is 34.5 Å². The molecule has 7 heteroatoms. The molecule has 0 bridgehead atoms. The van der Waals surface area contributed by atoms with Crippen molar-refractivity contribution in [1.29, 1.82) is 0 Å². The summed E-state index contributed by atoms with van der Waals surface area (Å²) in [4.78, 5) is 21.6. The van der Waals surface area contributed by atoms with Gasteiger partial charge in [0.15, 0.2) is 5.76 Å². The molecule has 0 saturated carbocycles. The van der Waals surface area contributed by atoms with Crippen LogP contribution in [0.5, 0.6) is 0 Å². The van der Waals surface area contributed by atoms with Crippen molar-refractivity contribution in [2.24, 2.45) is 0 Å². The van der Waals surface area contributed by atoms with E-state index in [0.717, 1.165) is 35.5 Å². The number of rotatable bonds is 7. The first-order chi connectivity index (χ1) is 15.5. The molecule has 164 valence electrons. The minimum atomic E-state index is -0.0241. The van der Waals surface area contributed by atoms with Crippen molar-refractivity contribution in [2.75, 3.05) is 7.05 Å². The molecule has 4 rings (SSSR count). The maximum absolute atomic E-state index is 12.2. The summed E-state index contributed by atoms with van der Waals surface area (Å²) in [6.07, 6.45) is 4.43. The molecule has 0 radical (unpaired) electrons. The van der Waals surface area contributed by atoms with Gasteiger partial charge in [0.1, 0.15) is 11.4 Å². The highest BCUT2D eigenvalue weighted by molar-refractivity contribution is 5.68. The Kier molecular flexibility index (Phi) is 6.28. The Hall–Kier alpha value is -3.58. The molecule has 0 amide bonds. The van der Waals surface area contributed by atoms with Gasteiger partial charge in [-0.25, -0.2) is 4.98 Å². The molecule has 4 aromatic rings. The molecule has 0 aliphatic carbocycles. The van der Waals surface area contributed by atoms with Crippen molar-refractivity contribution in [3.05, 3.63) is 76.5 Å². The first kappa shape index (κ1) is 21.6. The molecule has 3 aromatic heterocycles. The van der Waals surface area contributed by atoms with Crippen LogP contribution in [-0.2, 0) is 6.54 Å². The summed E-state index contributed by atoms with van der Waals surface area (Å²) in [6, 6.07) is 13.5. The van der Waals surface area contributed by atoms with E-state index < -0.39 is 0 Å². The topological polar surface area (TPSA) is 85.8 Å². The molecule has 1 aromatic carbocycles. The minimum absolute atomic E-state index is 0.0241. The molecule has 1 N–H and O–H groups in total. The van der Waals surface area contributed by atoms with E-state index in [-0.39, 0.29) is 11.6 Å². The molecular formula is C25H27N5O2. The van der Waals surface area contributed by atoms with Crippen molar-refractivity contribution in [2.45, 2.75) is 39.8 Å². The maximum atomic E-state index is 12.2. The van der Waals surface area contributed by atoms with Crippen LogP contribution < -0.4 is 10.9 Å².